The number of fused-ring (bicyclic) bond motifs is 1. The van der Waals surface area contributed by atoms with Gasteiger partial charge in [0.1, 0.15) is 17.0 Å². The van der Waals surface area contributed by atoms with Gasteiger partial charge in [-0.25, -0.2) is 9.36 Å². The number of aryl methyl sites for hydroxylation is 1. The van der Waals surface area contributed by atoms with Crippen molar-refractivity contribution in [2.45, 2.75) is 13.5 Å². The van der Waals surface area contributed by atoms with Gasteiger partial charge in [0.2, 0.25) is 5.91 Å². The minimum absolute atomic E-state index is 0.110. The van der Waals surface area contributed by atoms with Crippen LogP contribution in [0.5, 0.6) is 5.75 Å². The molecule has 5 rings (SSSR count). The topological polar surface area (TPSA) is 76.8 Å². The number of thiophene rings is 1. The van der Waals surface area contributed by atoms with Gasteiger partial charge in [-0.15, -0.1) is 11.3 Å². The third-order valence-electron chi connectivity index (χ3n) is 6.38. The van der Waals surface area contributed by atoms with E-state index in [4.69, 9.17) is 4.74 Å². The Bertz CT molecular complexity index is 1490. The number of carbonyl (C=O) groups is 1. The van der Waals surface area contributed by atoms with Crippen molar-refractivity contribution in [3.63, 3.8) is 0 Å². The van der Waals surface area contributed by atoms with E-state index in [1.807, 2.05) is 43.3 Å². The molecular formula is C26H26N4O4S. The molecule has 4 aromatic rings. The molecular weight excluding hydrogens is 464 g/mol. The molecule has 2 aromatic carbocycles. The van der Waals surface area contributed by atoms with Crippen molar-refractivity contribution in [2.75, 3.05) is 38.2 Å². The lowest BCUT2D eigenvalue weighted by Crippen LogP contribution is -2.50. The van der Waals surface area contributed by atoms with Gasteiger partial charge in [0.05, 0.1) is 18.3 Å². The molecule has 0 radical (unpaired) electrons. The highest BCUT2D eigenvalue weighted by Gasteiger charge is 2.24. The molecule has 35 heavy (non-hydrogen) atoms. The van der Waals surface area contributed by atoms with Gasteiger partial charge in [0.25, 0.3) is 5.56 Å². The first-order valence-electron chi connectivity index (χ1n) is 11.4. The highest BCUT2D eigenvalue weighted by Crippen LogP contribution is 2.21. The van der Waals surface area contributed by atoms with Crippen LogP contribution in [0.2, 0.25) is 0 Å². The molecule has 0 unspecified atom stereocenters. The van der Waals surface area contributed by atoms with Gasteiger partial charge >= 0.3 is 5.69 Å². The van der Waals surface area contributed by atoms with E-state index < -0.39 is 5.69 Å². The van der Waals surface area contributed by atoms with Crippen molar-refractivity contribution >= 4 is 33.1 Å². The molecule has 1 saturated heterocycles. The van der Waals surface area contributed by atoms with Crippen LogP contribution < -0.4 is 20.9 Å². The number of ether oxygens (including phenoxy) is 1. The molecule has 9 heteroatoms. The zero-order valence-corrected chi connectivity index (χ0v) is 20.5. The van der Waals surface area contributed by atoms with Crippen LogP contribution in [0, 0.1) is 6.92 Å². The Kier molecular flexibility index (Phi) is 6.17. The lowest BCUT2D eigenvalue weighted by molar-refractivity contribution is -0.132. The lowest BCUT2D eigenvalue weighted by atomic mass is 10.2. The summed E-state index contributed by atoms with van der Waals surface area (Å²) >= 11 is 1.28. The molecule has 180 valence electrons. The summed E-state index contributed by atoms with van der Waals surface area (Å²) in [6.45, 7) is 4.31. The first kappa shape index (κ1) is 22.9. The highest BCUT2D eigenvalue weighted by molar-refractivity contribution is 7.17. The van der Waals surface area contributed by atoms with Gasteiger partial charge in [-0.1, -0.05) is 12.1 Å². The summed E-state index contributed by atoms with van der Waals surface area (Å²) < 4.78 is 8.28. The van der Waals surface area contributed by atoms with Crippen LogP contribution in [0.25, 0.3) is 15.9 Å². The molecule has 0 aliphatic carbocycles. The van der Waals surface area contributed by atoms with E-state index in [9.17, 15) is 14.4 Å². The molecule has 1 amide bonds. The summed E-state index contributed by atoms with van der Waals surface area (Å²) in [5.74, 6) is 0.670. The second kappa shape index (κ2) is 9.42. The smallest absolute Gasteiger partial charge is 0.336 e. The molecule has 0 bridgehead atoms. The third kappa shape index (κ3) is 4.35. The van der Waals surface area contributed by atoms with Crippen LogP contribution in [-0.4, -0.2) is 53.2 Å². The minimum atomic E-state index is -0.503. The maximum absolute atomic E-state index is 13.5. The second-order valence-electron chi connectivity index (χ2n) is 8.55. The van der Waals surface area contributed by atoms with Crippen molar-refractivity contribution in [3.05, 3.63) is 86.4 Å². The first-order valence-corrected chi connectivity index (χ1v) is 12.3. The first-order chi connectivity index (χ1) is 17.0. The molecule has 8 nitrogen and oxygen atoms in total. The molecule has 0 N–H and O–H groups in total. The predicted octanol–water partition coefficient (Wildman–Crippen LogP) is 2.88. The average Bonchev–Trinajstić information content (AvgIpc) is 3.37. The fraction of sp³-hybridized carbons (Fsp3) is 0.269. The van der Waals surface area contributed by atoms with Gasteiger partial charge in [-0.2, -0.15) is 0 Å². The molecule has 1 aliphatic heterocycles. The largest absolute Gasteiger partial charge is 0.497 e. The molecule has 3 heterocycles. The van der Waals surface area contributed by atoms with Gasteiger partial charge in [0, 0.05) is 31.9 Å². The molecule has 1 aliphatic rings. The van der Waals surface area contributed by atoms with Crippen molar-refractivity contribution < 1.29 is 9.53 Å². The summed E-state index contributed by atoms with van der Waals surface area (Å²) in [7, 11) is 1.64. The van der Waals surface area contributed by atoms with Crippen LogP contribution in [0.3, 0.4) is 0 Å². The Labute approximate surface area is 206 Å². The average molecular weight is 491 g/mol. The van der Waals surface area contributed by atoms with E-state index >= 15 is 0 Å². The van der Waals surface area contributed by atoms with E-state index in [1.165, 1.54) is 20.5 Å². The molecule has 1 fully saturated rings. The zero-order valence-electron chi connectivity index (χ0n) is 19.6. The van der Waals surface area contributed by atoms with Crippen LogP contribution >= 0.6 is 11.3 Å². The van der Waals surface area contributed by atoms with Gasteiger partial charge in [-0.3, -0.25) is 14.2 Å². The summed E-state index contributed by atoms with van der Waals surface area (Å²) in [6.07, 6.45) is 0. The number of anilines is 1. The number of hydrogen-bond acceptors (Lipinski definition) is 6. The summed E-state index contributed by atoms with van der Waals surface area (Å²) in [5.41, 5.74) is 2.17. The summed E-state index contributed by atoms with van der Waals surface area (Å²) in [4.78, 5) is 43.8. The van der Waals surface area contributed by atoms with Gasteiger partial charge in [0.15, 0.2) is 0 Å². The van der Waals surface area contributed by atoms with Crippen molar-refractivity contribution in [1.82, 2.24) is 14.0 Å². The maximum Gasteiger partial charge on any atom is 0.336 e. The number of hydrogen-bond donors (Lipinski definition) is 0. The zero-order chi connectivity index (χ0) is 24.5. The number of aromatic nitrogens is 2. The molecule has 0 spiro atoms. The van der Waals surface area contributed by atoms with Crippen LogP contribution in [-0.2, 0) is 11.3 Å². The Morgan fingerprint density at radius 2 is 1.71 bits per heavy atom. The van der Waals surface area contributed by atoms with Gasteiger partial charge < -0.3 is 14.5 Å². The van der Waals surface area contributed by atoms with E-state index in [2.05, 4.69) is 4.90 Å². The third-order valence-corrected chi connectivity index (χ3v) is 7.27. The fourth-order valence-corrected chi connectivity index (χ4v) is 5.30. The molecule has 0 atom stereocenters. The Balaban J connectivity index is 1.39. The van der Waals surface area contributed by atoms with E-state index in [0.717, 1.165) is 17.0 Å². The summed E-state index contributed by atoms with van der Waals surface area (Å²) in [5, 5.41) is 1.78. The number of piperazine rings is 1. The molecule has 2 aromatic heterocycles. The van der Waals surface area contributed by atoms with Crippen LogP contribution in [0.15, 0.2) is 69.6 Å². The SMILES string of the molecule is COc1ccc(N2CCN(C(=O)Cn3c(=O)n(-c4cccc(C)c4)c(=O)c4sccc43)CC2)cc1. The Morgan fingerprint density at radius 1 is 0.971 bits per heavy atom. The monoisotopic (exact) mass is 490 g/mol. The van der Waals surface area contributed by atoms with Crippen LogP contribution in [0.1, 0.15) is 5.56 Å². The minimum Gasteiger partial charge on any atom is -0.497 e. The lowest BCUT2D eigenvalue weighted by Gasteiger charge is -2.36. The van der Waals surface area contributed by atoms with E-state index in [1.54, 1.807) is 35.6 Å². The number of amides is 1. The number of rotatable bonds is 5. The molecule has 0 saturated carbocycles. The Morgan fingerprint density at radius 3 is 2.40 bits per heavy atom. The number of benzene rings is 2. The Hall–Kier alpha value is -3.85. The number of nitrogens with zero attached hydrogens (tertiary/aromatic N) is 4. The summed E-state index contributed by atoms with van der Waals surface area (Å²) in [6, 6.07) is 16.9. The maximum atomic E-state index is 13.5. The highest BCUT2D eigenvalue weighted by atomic mass is 32.1. The van der Waals surface area contributed by atoms with Crippen LogP contribution in [0.4, 0.5) is 5.69 Å². The van der Waals surface area contributed by atoms with Gasteiger partial charge in [-0.05, 0) is 60.3 Å². The predicted molar refractivity (Wildman–Crippen MR) is 138 cm³/mol. The van der Waals surface area contributed by atoms with Crippen molar-refractivity contribution in [2.24, 2.45) is 0 Å². The van der Waals surface area contributed by atoms with E-state index in [0.29, 0.717) is 42.1 Å². The second-order valence-corrected chi connectivity index (χ2v) is 9.47. The fourth-order valence-electron chi connectivity index (χ4n) is 4.48. The standard InChI is InChI=1S/C26H26N4O4S/c1-18-4-3-5-20(16-18)30-25(32)24-22(10-15-35-24)29(26(30)33)17-23(31)28-13-11-27(12-14-28)19-6-8-21(34-2)9-7-19/h3-10,15-16H,11-14,17H2,1-2H3. The van der Waals surface area contributed by atoms with E-state index in [-0.39, 0.29) is 18.0 Å². The quantitative estimate of drug-likeness (QED) is 0.430. The normalized spacial score (nSPS) is 13.9. The van der Waals surface area contributed by atoms with Crippen molar-refractivity contribution in [1.29, 1.82) is 0 Å². The van der Waals surface area contributed by atoms with Crippen molar-refractivity contribution in [3.8, 4) is 11.4 Å². The number of methoxy groups -OCH3 is 1. The number of carbonyl (C=O) groups excluding carboxylic acids is 1.